The minimum absolute atomic E-state index is 0.193. The molecule has 0 atom stereocenters. The lowest BCUT2D eigenvalue weighted by molar-refractivity contribution is 0.0697. The average Bonchev–Trinajstić information content (AvgIpc) is 2.57. The van der Waals surface area contributed by atoms with Crippen LogP contribution in [0.2, 0.25) is 0 Å². The molecular formula is C20H24O4. The van der Waals surface area contributed by atoms with Crippen LogP contribution in [-0.2, 0) is 0 Å². The van der Waals surface area contributed by atoms with E-state index in [4.69, 9.17) is 4.74 Å². The molecule has 0 bridgehead atoms. The summed E-state index contributed by atoms with van der Waals surface area (Å²) in [6, 6.07) is 10.1. The summed E-state index contributed by atoms with van der Waals surface area (Å²) >= 11 is 0. The Balaban J connectivity index is 2.25. The van der Waals surface area contributed by atoms with Gasteiger partial charge >= 0.3 is 5.97 Å². The highest BCUT2D eigenvalue weighted by Crippen LogP contribution is 2.31. The minimum atomic E-state index is -0.981. The van der Waals surface area contributed by atoms with E-state index in [1.165, 1.54) is 12.8 Å². The van der Waals surface area contributed by atoms with Gasteiger partial charge in [-0.2, -0.15) is 0 Å². The van der Waals surface area contributed by atoms with E-state index in [1.807, 2.05) is 0 Å². The highest BCUT2D eigenvalue weighted by Gasteiger charge is 2.14. The molecule has 0 aromatic heterocycles. The van der Waals surface area contributed by atoms with Gasteiger partial charge in [0.25, 0.3) is 0 Å². The van der Waals surface area contributed by atoms with Crippen molar-refractivity contribution >= 4 is 5.97 Å². The first kappa shape index (κ1) is 17.9. The van der Waals surface area contributed by atoms with Gasteiger partial charge in [-0.05, 0) is 60.4 Å². The summed E-state index contributed by atoms with van der Waals surface area (Å²) in [4.78, 5) is 11.5. The summed E-state index contributed by atoms with van der Waals surface area (Å²) in [6.45, 7) is 4.57. The van der Waals surface area contributed by atoms with Gasteiger partial charge in [0.05, 0.1) is 12.2 Å². The Morgan fingerprint density at radius 3 is 2.54 bits per heavy atom. The largest absolute Gasteiger partial charge is 0.508 e. The van der Waals surface area contributed by atoms with Crippen LogP contribution in [0.3, 0.4) is 0 Å². The normalized spacial score (nSPS) is 10.6. The number of phenols is 1. The Kier molecular flexibility index (Phi) is 6.24. The molecule has 0 fully saturated rings. The van der Waals surface area contributed by atoms with Crippen molar-refractivity contribution in [1.82, 2.24) is 0 Å². The molecule has 0 saturated heterocycles. The van der Waals surface area contributed by atoms with Gasteiger partial charge in [-0.15, -0.1) is 0 Å². The highest BCUT2D eigenvalue weighted by molar-refractivity contribution is 5.96. The van der Waals surface area contributed by atoms with Gasteiger partial charge in [0.15, 0.2) is 0 Å². The molecule has 128 valence electrons. The maximum Gasteiger partial charge on any atom is 0.336 e. The van der Waals surface area contributed by atoms with Crippen molar-refractivity contribution in [2.75, 3.05) is 6.61 Å². The first-order valence-corrected chi connectivity index (χ1v) is 8.33. The van der Waals surface area contributed by atoms with Gasteiger partial charge in [0.2, 0.25) is 0 Å². The van der Waals surface area contributed by atoms with Crippen molar-refractivity contribution in [3.63, 3.8) is 0 Å². The average molecular weight is 328 g/mol. The summed E-state index contributed by atoms with van der Waals surface area (Å²) in [6.07, 6.45) is 4.49. The second kappa shape index (κ2) is 8.39. The number of carbonyl (C=O) groups is 1. The van der Waals surface area contributed by atoms with E-state index in [0.717, 1.165) is 18.4 Å². The zero-order valence-electron chi connectivity index (χ0n) is 14.2. The molecule has 4 nitrogen and oxygen atoms in total. The molecule has 2 N–H and O–H groups in total. The Morgan fingerprint density at radius 2 is 1.88 bits per heavy atom. The number of benzene rings is 2. The van der Waals surface area contributed by atoms with Crippen molar-refractivity contribution in [1.29, 1.82) is 0 Å². The number of rotatable bonds is 8. The zero-order chi connectivity index (χ0) is 17.5. The lowest BCUT2D eigenvalue weighted by atomic mass is 9.97. The Hall–Kier alpha value is -2.49. The van der Waals surface area contributed by atoms with Gasteiger partial charge < -0.3 is 14.9 Å². The van der Waals surface area contributed by atoms with E-state index in [2.05, 4.69) is 6.92 Å². The fourth-order valence-electron chi connectivity index (χ4n) is 2.58. The van der Waals surface area contributed by atoms with Crippen LogP contribution in [0.25, 0.3) is 11.1 Å². The van der Waals surface area contributed by atoms with Gasteiger partial charge in [0, 0.05) is 0 Å². The molecule has 0 amide bonds. The number of unbranched alkanes of at least 4 members (excludes halogenated alkanes) is 3. The van der Waals surface area contributed by atoms with Crippen LogP contribution in [-0.4, -0.2) is 22.8 Å². The topological polar surface area (TPSA) is 66.8 Å². The van der Waals surface area contributed by atoms with Crippen LogP contribution in [0, 0.1) is 6.92 Å². The molecule has 0 unspecified atom stereocenters. The third-order valence-corrected chi connectivity index (χ3v) is 4.00. The lowest BCUT2D eigenvalue weighted by Gasteiger charge is -2.12. The zero-order valence-corrected chi connectivity index (χ0v) is 14.2. The lowest BCUT2D eigenvalue weighted by Crippen LogP contribution is -2.02. The second-order valence-corrected chi connectivity index (χ2v) is 5.92. The standard InChI is InChI=1S/C20H24O4/c1-3-4-5-6-11-24-16-8-9-17(20(22)23)18(13-16)15-7-10-19(21)14(2)12-15/h7-10,12-13,21H,3-6,11H2,1-2H3,(H,22,23). The van der Waals surface area contributed by atoms with Gasteiger partial charge in [-0.3, -0.25) is 0 Å². The molecule has 24 heavy (non-hydrogen) atoms. The van der Waals surface area contributed by atoms with E-state index in [9.17, 15) is 15.0 Å². The SMILES string of the molecule is CCCCCCOc1ccc(C(=O)O)c(-c2ccc(O)c(C)c2)c1. The molecule has 0 aliphatic heterocycles. The quantitative estimate of drug-likeness (QED) is 0.667. The molecule has 2 aromatic rings. The minimum Gasteiger partial charge on any atom is -0.508 e. The predicted octanol–water partition coefficient (Wildman–Crippen LogP) is 5.02. The highest BCUT2D eigenvalue weighted by atomic mass is 16.5. The smallest absolute Gasteiger partial charge is 0.336 e. The number of carboxylic acid groups (broad SMARTS) is 1. The van der Waals surface area contributed by atoms with E-state index >= 15 is 0 Å². The van der Waals surface area contributed by atoms with Crippen molar-refractivity contribution in [3.8, 4) is 22.6 Å². The molecule has 0 radical (unpaired) electrons. The van der Waals surface area contributed by atoms with Gasteiger partial charge in [-0.25, -0.2) is 4.79 Å². The van der Waals surface area contributed by atoms with Crippen LogP contribution < -0.4 is 4.74 Å². The number of hydrogen-bond acceptors (Lipinski definition) is 3. The first-order chi connectivity index (χ1) is 11.5. The third kappa shape index (κ3) is 4.51. The number of ether oxygens (including phenoxy) is 1. The summed E-state index contributed by atoms with van der Waals surface area (Å²) in [5.74, 6) is -0.124. The van der Waals surface area contributed by atoms with Crippen LogP contribution in [0.4, 0.5) is 0 Å². The molecule has 2 rings (SSSR count). The van der Waals surface area contributed by atoms with Crippen molar-refractivity contribution in [2.45, 2.75) is 39.5 Å². The van der Waals surface area contributed by atoms with E-state index in [0.29, 0.717) is 23.5 Å². The fourth-order valence-corrected chi connectivity index (χ4v) is 2.58. The number of aromatic carboxylic acids is 1. The molecule has 2 aromatic carbocycles. The number of hydrogen-bond donors (Lipinski definition) is 2. The van der Waals surface area contributed by atoms with Crippen LogP contribution >= 0.6 is 0 Å². The van der Waals surface area contributed by atoms with Crippen LogP contribution in [0.15, 0.2) is 36.4 Å². The van der Waals surface area contributed by atoms with E-state index < -0.39 is 5.97 Å². The van der Waals surface area contributed by atoms with Crippen molar-refractivity contribution in [3.05, 3.63) is 47.5 Å². The van der Waals surface area contributed by atoms with Crippen LogP contribution in [0.5, 0.6) is 11.5 Å². The molecular weight excluding hydrogens is 304 g/mol. The third-order valence-electron chi connectivity index (χ3n) is 4.00. The molecule has 0 spiro atoms. The number of aromatic hydroxyl groups is 1. The second-order valence-electron chi connectivity index (χ2n) is 5.92. The molecule has 0 aliphatic rings. The fraction of sp³-hybridized carbons (Fsp3) is 0.350. The number of phenolic OH excluding ortho intramolecular Hbond substituents is 1. The predicted molar refractivity (Wildman–Crippen MR) is 94.9 cm³/mol. The molecule has 0 aliphatic carbocycles. The number of carboxylic acids is 1. The Morgan fingerprint density at radius 1 is 1.08 bits per heavy atom. The molecule has 0 heterocycles. The van der Waals surface area contributed by atoms with Gasteiger partial charge in [-0.1, -0.05) is 32.3 Å². The maximum absolute atomic E-state index is 11.5. The number of aryl methyl sites for hydroxylation is 1. The van der Waals surface area contributed by atoms with Gasteiger partial charge in [0.1, 0.15) is 11.5 Å². The summed E-state index contributed by atoms with van der Waals surface area (Å²) < 4.78 is 5.76. The first-order valence-electron chi connectivity index (χ1n) is 8.33. The maximum atomic E-state index is 11.5. The van der Waals surface area contributed by atoms with E-state index in [-0.39, 0.29) is 11.3 Å². The van der Waals surface area contributed by atoms with Crippen molar-refractivity contribution in [2.24, 2.45) is 0 Å². The molecule has 4 heteroatoms. The molecule has 0 saturated carbocycles. The van der Waals surface area contributed by atoms with E-state index in [1.54, 1.807) is 43.3 Å². The summed E-state index contributed by atoms with van der Waals surface area (Å²) in [5.41, 5.74) is 2.27. The Bertz CT molecular complexity index is 707. The summed E-state index contributed by atoms with van der Waals surface area (Å²) in [5, 5.41) is 19.1. The Labute approximate surface area is 142 Å². The monoisotopic (exact) mass is 328 g/mol. The van der Waals surface area contributed by atoms with Crippen molar-refractivity contribution < 1.29 is 19.7 Å². The summed E-state index contributed by atoms with van der Waals surface area (Å²) in [7, 11) is 0. The van der Waals surface area contributed by atoms with Crippen LogP contribution in [0.1, 0.15) is 48.5 Å².